The van der Waals surface area contributed by atoms with Crippen LogP contribution in [0.2, 0.25) is 4.34 Å². The molecule has 5 rings (SSSR count). The zero-order valence-electron chi connectivity index (χ0n) is 20.3. The van der Waals surface area contributed by atoms with Gasteiger partial charge in [0.25, 0.3) is 5.56 Å². The Hall–Kier alpha value is -4.29. The molecule has 0 fully saturated rings. The summed E-state index contributed by atoms with van der Waals surface area (Å²) in [5.74, 6) is -1.57. The molecule has 0 bridgehead atoms. The van der Waals surface area contributed by atoms with Gasteiger partial charge in [0, 0.05) is 43.0 Å². The molecule has 5 aromatic rings. The van der Waals surface area contributed by atoms with E-state index >= 15 is 4.39 Å². The van der Waals surface area contributed by atoms with Crippen LogP contribution in [0.4, 0.5) is 15.9 Å². The summed E-state index contributed by atoms with van der Waals surface area (Å²) in [7, 11) is 3.47. The number of hydrogen-bond donors (Lipinski definition) is 1. The largest absolute Gasteiger partial charge is 0.459 e. The van der Waals surface area contributed by atoms with Crippen molar-refractivity contribution in [2.45, 2.75) is 13.1 Å². The molecule has 0 saturated carbocycles. The van der Waals surface area contributed by atoms with Crippen LogP contribution < -0.4 is 15.8 Å². The number of nitrogens with one attached hydrogen (secondary N) is 1. The predicted octanol–water partition coefficient (Wildman–Crippen LogP) is 4.36. The molecule has 0 saturated heterocycles. The maximum absolute atomic E-state index is 16.1. The van der Waals surface area contributed by atoms with E-state index in [4.69, 9.17) is 16.0 Å². The van der Waals surface area contributed by atoms with Gasteiger partial charge in [0.1, 0.15) is 5.69 Å². The molecular weight excluding hydrogens is 533 g/mol. The monoisotopic (exact) mass is 553 g/mol. The number of hydrogen-bond acceptors (Lipinski definition) is 9. The highest BCUT2D eigenvalue weighted by Crippen LogP contribution is 2.34. The fourth-order valence-electron chi connectivity index (χ4n) is 3.84. The number of halogens is 2. The third-order valence-corrected chi connectivity index (χ3v) is 6.88. The van der Waals surface area contributed by atoms with Gasteiger partial charge in [-0.25, -0.2) is 4.39 Å². The Labute approximate surface area is 224 Å². The Bertz CT molecular complexity index is 1650. The Morgan fingerprint density at radius 2 is 2.08 bits per heavy atom. The molecule has 0 aliphatic carbocycles. The van der Waals surface area contributed by atoms with Gasteiger partial charge in [-0.1, -0.05) is 11.6 Å². The number of thiophene rings is 1. The highest BCUT2D eigenvalue weighted by molar-refractivity contribution is 7.16. The summed E-state index contributed by atoms with van der Waals surface area (Å²) in [4.78, 5) is 28.7. The van der Waals surface area contributed by atoms with Crippen molar-refractivity contribution in [3.05, 3.63) is 98.0 Å². The molecule has 5 heterocycles. The van der Waals surface area contributed by atoms with Crippen molar-refractivity contribution in [2.24, 2.45) is 0 Å². The first kappa shape index (κ1) is 25.4. The van der Waals surface area contributed by atoms with Crippen molar-refractivity contribution < 1.29 is 13.6 Å². The summed E-state index contributed by atoms with van der Waals surface area (Å²) in [6.07, 6.45) is 5.94. The highest BCUT2D eigenvalue weighted by Gasteiger charge is 2.27. The summed E-state index contributed by atoms with van der Waals surface area (Å²) in [5, 5.41) is 14.9. The molecule has 0 radical (unpaired) electrons. The minimum Gasteiger partial charge on any atom is -0.459 e. The van der Waals surface area contributed by atoms with Crippen LogP contribution in [0.3, 0.4) is 0 Å². The van der Waals surface area contributed by atoms with Crippen molar-refractivity contribution in [3.63, 3.8) is 0 Å². The van der Waals surface area contributed by atoms with Crippen LogP contribution in [0.15, 0.2) is 70.5 Å². The lowest BCUT2D eigenvalue weighted by molar-refractivity contribution is 0.0919. The quantitative estimate of drug-likeness (QED) is 0.302. The molecule has 0 aliphatic rings. The highest BCUT2D eigenvalue weighted by atomic mass is 35.5. The fraction of sp³-hybridized carbons (Fsp3) is 0.160. The molecule has 0 atom stereocenters. The van der Waals surface area contributed by atoms with E-state index in [1.54, 1.807) is 43.4 Å². The molecule has 0 spiro atoms. The SMILES string of the molecule is CN(C)c1cc(=O)n(Cc2ccnnc2)cc1-c1nn(C(=O)c2ccco2)c(NCc2ccc(Cl)s2)c1F. The van der Waals surface area contributed by atoms with Gasteiger partial charge in [0.2, 0.25) is 0 Å². The smallest absolute Gasteiger partial charge is 0.315 e. The fourth-order valence-corrected chi connectivity index (χ4v) is 4.87. The van der Waals surface area contributed by atoms with E-state index in [1.165, 1.54) is 46.7 Å². The first-order chi connectivity index (χ1) is 18.3. The maximum atomic E-state index is 16.1. The average molecular weight is 554 g/mol. The van der Waals surface area contributed by atoms with Crippen molar-refractivity contribution in [1.82, 2.24) is 24.5 Å². The van der Waals surface area contributed by atoms with Gasteiger partial charge in [0.05, 0.1) is 35.6 Å². The van der Waals surface area contributed by atoms with Crippen molar-refractivity contribution in [1.29, 1.82) is 0 Å². The zero-order valence-corrected chi connectivity index (χ0v) is 21.8. The first-order valence-corrected chi connectivity index (χ1v) is 12.5. The molecule has 0 amide bonds. The van der Waals surface area contributed by atoms with Gasteiger partial charge in [-0.2, -0.15) is 20.0 Å². The number of carbonyl (C=O) groups excluding carboxylic acids is 1. The number of rotatable bonds is 8. The van der Waals surface area contributed by atoms with E-state index < -0.39 is 11.7 Å². The van der Waals surface area contributed by atoms with E-state index in [-0.39, 0.29) is 35.9 Å². The number of furan rings is 1. The summed E-state index contributed by atoms with van der Waals surface area (Å²) in [6.45, 7) is 0.396. The molecule has 0 aliphatic heterocycles. The lowest BCUT2D eigenvalue weighted by atomic mass is 10.1. The maximum Gasteiger partial charge on any atom is 0.315 e. The van der Waals surface area contributed by atoms with E-state index in [9.17, 15) is 9.59 Å². The van der Waals surface area contributed by atoms with Crippen LogP contribution in [0.1, 0.15) is 21.0 Å². The predicted molar refractivity (Wildman–Crippen MR) is 142 cm³/mol. The van der Waals surface area contributed by atoms with E-state index in [1.807, 2.05) is 6.07 Å². The normalized spacial score (nSPS) is 11.1. The molecule has 1 N–H and O–H groups in total. The van der Waals surface area contributed by atoms with Gasteiger partial charge >= 0.3 is 5.91 Å². The van der Waals surface area contributed by atoms with E-state index in [2.05, 4.69) is 20.6 Å². The second-order valence-electron chi connectivity index (χ2n) is 8.45. The second-order valence-corrected chi connectivity index (χ2v) is 10.2. The van der Waals surface area contributed by atoms with Gasteiger partial charge < -0.3 is 19.2 Å². The molecule has 0 aromatic carbocycles. The first-order valence-electron chi connectivity index (χ1n) is 11.3. The molecular formula is C25H21ClFN7O3S. The van der Waals surface area contributed by atoms with Crippen LogP contribution >= 0.6 is 22.9 Å². The number of anilines is 2. The lowest BCUT2D eigenvalue weighted by Crippen LogP contribution is -2.23. The lowest BCUT2D eigenvalue weighted by Gasteiger charge is -2.18. The van der Waals surface area contributed by atoms with Crippen molar-refractivity contribution in [2.75, 3.05) is 24.3 Å². The van der Waals surface area contributed by atoms with Crippen LogP contribution in [-0.4, -0.2) is 44.5 Å². The Morgan fingerprint density at radius 3 is 2.74 bits per heavy atom. The number of aromatic nitrogens is 5. The molecule has 0 unspecified atom stereocenters. The Balaban J connectivity index is 1.63. The second kappa shape index (κ2) is 10.6. The van der Waals surface area contributed by atoms with Crippen LogP contribution in [0, 0.1) is 5.82 Å². The van der Waals surface area contributed by atoms with Crippen LogP contribution in [0.25, 0.3) is 11.3 Å². The number of pyridine rings is 1. The van der Waals surface area contributed by atoms with Gasteiger partial charge in [-0.15, -0.1) is 11.3 Å². The standard InChI is InChI=1S/C25H21ClFN7O3S/c1-32(2)18-10-21(35)33(13-15-7-8-29-30-11-15)14-17(18)23-22(27)24(28-12-16-5-6-20(26)38-16)34(31-23)25(36)19-4-3-9-37-19/h3-11,14,28H,12-13H2,1-2H3. The van der Waals surface area contributed by atoms with Crippen molar-refractivity contribution >= 4 is 40.4 Å². The Morgan fingerprint density at radius 1 is 1.24 bits per heavy atom. The zero-order chi connectivity index (χ0) is 26.8. The van der Waals surface area contributed by atoms with Gasteiger partial charge in [-0.3, -0.25) is 9.59 Å². The Kier molecular flexibility index (Phi) is 7.07. The summed E-state index contributed by atoms with van der Waals surface area (Å²) < 4.78 is 24.3. The summed E-state index contributed by atoms with van der Waals surface area (Å²) in [5.41, 5.74) is 1.09. The third kappa shape index (κ3) is 5.08. The minimum absolute atomic E-state index is 0.00995. The van der Waals surface area contributed by atoms with Crippen LogP contribution in [0.5, 0.6) is 0 Å². The summed E-state index contributed by atoms with van der Waals surface area (Å²) in [6, 6.07) is 9.71. The van der Waals surface area contributed by atoms with Gasteiger partial charge in [-0.05, 0) is 35.9 Å². The van der Waals surface area contributed by atoms with Crippen LogP contribution in [-0.2, 0) is 13.1 Å². The van der Waals surface area contributed by atoms with E-state index in [0.29, 0.717) is 15.6 Å². The minimum atomic E-state index is -0.758. The van der Waals surface area contributed by atoms with Crippen molar-refractivity contribution in [3.8, 4) is 11.3 Å². The van der Waals surface area contributed by atoms with E-state index in [0.717, 1.165) is 15.1 Å². The topological polar surface area (TPSA) is 111 Å². The summed E-state index contributed by atoms with van der Waals surface area (Å²) >= 11 is 7.36. The molecule has 38 heavy (non-hydrogen) atoms. The number of nitrogens with zero attached hydrogens (tertiary/aromatic N) is 6. The molecule has 13 heteroatoms. The van der Waals surface area contributed by atoms with Gasteiger partial charge in [0.15, 0.2) is 17.4 Å². The third-order valence-electron chi connectivity index (χ3n) is 5.65. The molecule has 10 nitrogen and oxygen atoms in total. The molecule has 5 aromatic heterocycles. The number of carbonyl (C=O) groups is 1. The average Bonchev–Trinajstić information content (AvgIpc) is 3.65. The molecule has 194 valence electrons.